The van der Waals surface area contributed by atoms with Crippen molar-refractivity contribution in [2.45, 2.75) is 30.7 Å². The van der Waals surface area contributed by atoms with Crippen LogP contribution in [0.15, 0.2) is 42.5 Å². The molecule has 3 rings (SSSR count). The zero-order chi connectivity index (χ0) is 28.1. The van der Waals surface area contributed by atoms with E-state index in [4.69, 9.17) is 15.6 Å². The van der Waals surface area contributed by atoms with Crippen molar-refractivity contribution in [1.29, 1.82) is 0 Å². The molecule has 1 saturated heterocycles. The van der Waals surface area contributed by atoms with Crippen LogP contribution in [0.25, 0.3) is 11.1 Å². The maximum absolute atomic E-state index is 13.5. The van der Waals surface area contributed by atoms with Crippen molar-refractivity contribution in [1.82, 2.24) is 9.80 Å². The molecular weight excluding hydrogens is 508 g/mol. The van der Waals surface area contributed by atoms with Gasteiger partial charge in [0.1, 0.15) is 12.2 Å². The van der Waals surface area contributed by atoms with Gasteiger partial charge in [0.2, 0.25) is 11.8 Å². The average molecular weight is 533 g/mol. The van der Waals surface area contributed by atoms with Crippen molar-refractivity contribution in [3.05, 3.63) is 59.7 Å². The minimum absolute atomic E-state index is 0.0233. The van der Waals surface area contributed by atoms with Crippen LogP contribution in [0, 0.1) is 11.6 Å². The summed E-state index contributed by atoms with van der Waals surface area (Å²) in [7, 11) is 3.13. The Bertz CT molecular complexity index is 1120. The number of hydrogen-bond acceptors (Lipinski definition) is 4. The number of carboxylic acid groups (broad SMARTS) is 1. The van der Waals surface area contributed by atoms with E-state index >= 15 is 0 Å². The highest BCUT2D eigenvalue weighted by Gasteiger charge is 2.39. The number of nitrogens with zero attached hydrogens (tertiary/aromatic N) is 2. The van der Waals surface area contributed by atoms with Gasteiger partial charge in [0.15, 0.2) is 11.6 Å². The Hall–Kier alpha value is -3.61. The Balaban J connectivity index is 0.000000604. The first-order valence-electron chi connectivity index (χ1n) is 10.9. The number of rotatable bonds is 5. The lowest BCUT2D eigenvalue weighted by Gasteiger charge is -2.28. The van der Waals surface area contributed by atoms with Crippen molar-refractivity contribution in [3.8, 4) is 11.1 Å². The molecule has 3 N–H and O–H groups in total. The molecule has 202 valence electrons. The monoisotopic (exact) mass is 533 g/mol. The second-order valence-electron chi connectivity index (χ2n) is 8.46. The zero-order valence-electron chi connectivity index (χ0n) is 19.8. The standard InChI is InChI=1S/C22H24F3N3O2.C2HF3O2/c1-27(2)21(29)19(20(26)22(30)28-10-9-16(23)12-28)14-5-3-13(4-6-14)15-7-8-17(24)18(25)11-15;3-2(4,5)1(6)7/h3-8,11,16,19-20H,9-10,12,26H2,1-2H3;(H,6,7)/t16-,19-,20-;/m0./s1. The number of benzene rings is 2. The zero-order valence-corrected chi connectivity index (χ0v) is 19.8. The highest BCUT2D eigenvalue weighted by Crippen LogP contribution is 2.28. The number of halogens is 6. The topological polar surface area (TPSA) is 104 Å². The molecule has 7 nitrogen and oxygen atoms in total. The van der Waals surface area contributed by atoms with Crippen LogP contribution in [0.2, 0.25) is 0 Å². The lowest BCUT2D eigenvalue weighted by atomic mass is 9.88. The number of nitrogens with two attached hydrogens (primary N) is 1. The van der Waals surface area contributed by atoms with Crippen LogP contribution < -0.4 is 5.73 Å². The number of carboxylic acids is 1. The quantitative estimate of drug-likeness (QED) is 0.574. The van der Waals surface area contributed by atoms with E-state index in [1.807, 2.05) is 0 Å². The van der Waals surface area contributed by atoms with Crippen molar-refractivity contribution in [2.24, 2.45) is 5.73 Å². The summed E-state index contributed by atoms with van der Waals surface area (Å²) in [5.41, 5.74) is 7.80. The van der Waals surface area contributed by atoms with Crippen LogP contribution in [-0.2, 0) is 14.4 Å². The van der Waals surface area contributed by atoms with Gasteiger partial charge in [-0.2, -0.15) is 13.2 Å². The average Bonchev–Trinajstić information content (AvgIpc) is 3.26. The van der Waals surface area contributed by atoms with Crippen LogP contribution in [0.5, 0.6) is 0 Å². The maximum Gasteiger partial charge on any atom is 0.490 e. The third-order valence-electron chi connectivity index (χ3n) is 5.56. The van der Waals surface area contributed by atoms with Gasteiger partial charge in [0.25, 0.3) is 0 Å². The van der Waals surface area contributed by atoms with Gasteiger partial charge in [-0.3, -0.25) is 9.59 Å². The molecule has 37 heavy (non-hydrogen) atoms. The van der Waals surface area contributed by atoms with E-state index in [0.717, 1.165) is 12.1 Å². The first-order valence-corrected chi connectivity index (χ1v) is 10.9. The van der Waals surface area contributed by atoms with E-state index in [-0.39, 0.29) is 25.4 Å². The van der Waals surface area contributed by atoms with Gasteiger partial charge in [-0.1, -0.05) is 30.3 Å². The Labute approximate surface area is 208 Å². The summed E-state index contributed by atoms with van der Waals surface area (Å²) in [5.74, 6) is -6.43. The van der Waals surface area contributed by atoms with E-state index in [0.29, 0.717) is 16.7 Å². The Morgan fingerprint density at radius 1 is 1.03 bits per heavy atom. The molecule has 0 unspecified atom stereocenters. The number of likely N-dealkylation sites (tertiary alicyclic amines) is 1. The second-order valence-corrected chi connectivity index (χ2v) is 8.46. The molecular formula is C24H25F6N3O4. The molecule has 3 atom stereocenters. The molecule has 1 aliphatic rings. The third kappa shape index (κ3) is 7.68. The van der Waals surface area contributed by atoms with E-state index < -0.39 is 47.8 Å². The first kappa shape index (κ1) is 29.6. The van der Waals surface area contributed by atoms with Crippen molar-refractivity contribution < 1.29 is 45.8 Å². The van der Waals surface area contributed by atoms with Crippen LogP contribution in [0.1, 0.15) is 17.9 Å². The minimum atomic E-state index is -5.08. The first-order chi connectivity index (χ1) is 17.1. The van der Waals surface area contributed by atoms with Crippen LogP contribution >= 0.6 is 0 Å². The highest BCUT2D eigenvalue weighted by molar-refractivity contribution is 5.93. The van der Waals surface area contributed by atoms with Crippen LogP contribution in [-0.4, -0.2) is 78.3 Å². The normalized spacial score (nSPS) is 16.9. The van der Waals surface area contributed by atoms with E-state index in [2.05, 4.69) is 0 Å². The summed E-state index contributed by atoms with van der Waals surface area (Å²) in [5, 5.41) is 7.12. The number of hydrogen-bond donors (Lipinski definition) is 2. The van der Waals surface area contributed by atoms with Gasteiger partial charge in [-0.05, 0) is 35.2 Å². The molecule has 2 amide bonds. The van der Waals surface area contributed by atoms with Gasteiger partial charge in [0, 0.05) is 20.6 Å². The molecule has 1 aliphatic heterocycles. The largest absolute Gasteiger partial charge is 0.490 e. The third-order valence-corrected chi connectivity index (χ3v) is 5.56. The smallest absolute Gasteiger partial charge is 0.475 e. The van der Waals surface area contributed by atoms with Crippen molar-refractivity contribution >= 4 is 17.8 Å². The number of carbonyl (C=O) groups excluding carboxylic acids is 2. The molecule has 0 bridgehead atoms. The molecule has 2 aromatic rings. The number of alkyl halides is 4. The van der Waals surface area contributed by atoms with Gasteiger partial charge >= 0.3 is 12.1 Å². The van der Waals surface area contributed by atoms with Gasteiger partial charge < -0.3 is 20.6 Å². The number of likely N-dealkylation sites (N-methyl/N-ethyl adjacent to an activating group) is 1. The lowest BCUT2D eigenvalue weighted by molar-refractivity contribution is -0.192. The van der Waals surface area contributed by atoms with E-state index in [1.165, 1.54) is 15.9 Å². The molecule has 0 aliphatic carbocycles. The second kappa shape index (κ2) is 12.1. The summed E-state index contributed by atoms with van der Waals surface area (Å²) < 4.78 is 71.9. The van der Waals surface area contributed by atoms with Crippen LogP contribution in [0.3, 0.4) is 0 Å². The van der Waals surface area contributed by atoms with E-state index in [9.17, 15) is 35.9 Å². The predicted molar refractivity (Wildman–Crippen MR) is 121 cm³/mol. The minimum Gasteiger partial charge on any atom is -0.475 e. The summed E-state index contributed by atoms with van der Waals surface area (Å²) >= 11 is 0. The molecule has 0 radical (unpaired) electrons. The molecule has 0 spiro atoms. The Kier molecular flexibility index (Phi) is 9.67. The van der Waals surface area contributed by atoms with Gasteiger partial charge in [-0.25, -0.2) is 18.0 Å². The highest BCUT2D eigenvalue weighted by atomic mass is 19.4. The molecule has 0 aromatic heterocycles. The summed E-state index contributed by atoms with van der Waals surface area (Å²) in [6.45, 7) is 0.246. The molecule has 2 aromatic carbocycles. The number of carbonyl (C=O) groups is 3. The fraction of sp³-hybridized carbons (Fsp3) is 0.375. The molecule has 0 saturated carbocycles. The summed E-state index contributed by atoms with van der Waals surface area (Å²) in [6.07, 6.45) is -5.91. The van der Waals surface area contributed by atoms with Crippen molar-refractivity contribution in [3.63, 3.8) is 0 Å². The molecule has 1 heterocycles. The van der Waals surface area contributed by atoms with Gasteiger partial charge in [-0.15, -0.1) is 0 Å². The van der Waals surface area contributed by atoms with Gasteiger partial charge in [0.05, 0.1) is 12.5 Å². The van der Waals surface area contributed by atoms with Crippen molar-refractivity contribution in [2.75, 3.05) is 27.2 Å². The SMILES string of the molecule is CN(C)C(=O)[C@@H](c1ccc(-c2ccc(F)c(F)c2)cc1)[C@H](N)C(=O)N1CC[C@H](F)C1.O=C(O)C(F)(F)F. The van der Waals surface area contributed by atoms with E-state index in [1.54, 1.807) is 38.4 Å². The number of aliphatic carboxylic acids is 1. The molecule has 1 fully saturated rings. The number of amides is 2. The Morgan fingerprint density at radius 2 is 1.57 bits per heavy atom. The Morgan fingerprint density at radius 3 is 2.00 bits per heavy atom. The fourth-order valence-electron chi connectivity index (χ4n) is 3.61. The maximum atomic E-state index is 13.5. The molecule has 13 heteroatoms. The summed E-state index contributed by atoms with van der Waals surface area (Å²) in [6, 6.07) is 8.99. The predicted octanol–water partition coefficient (Wildman–Crippen LogP) is 3.33. The summed E-state index contributed by atoms with van der Waals surface area (Å²) in [4.78, 5) is 37.2. The fourth-order valence-corrected chi connectivity index (χ4v) is 3.61. The van der Waals surface area contributed by atoms with Crippen LogP contribution in [0.4, 0.5) is 26.3 Å². The lowest BCUT2D eigenvalue weighted by Crippen LogP contribution is -2.50.